The molecule has 0 aromatic heterocycles. The zero-order valence-electron chi connectivity index (χ0n) is 9.30. The maximum atomic E-state index is 11.1. The quantitative estimate of drug-likeness (QED) is 0.911. The van der Waals surface area contributed by atoms with E-state index in [2.05, 4.69) is 40.3 Å². The van der Waals surface area contributed by atoms with Gasteiger partial charge in [-0.3, -0.25) is 4.79 Å². The minimum Gasteiger partial charge on any atom is -0.313 e. The second kappa shape index (κ2) is 5.42. The van der Waals surface area contributed by atoms with Crippen LogP contribution in [0.5, 0.6) is 0 Å². The van der Waals surface area contributed by atoms with Crippen LogP contribution in [-0.4, -0.2) is 12.8 Å². The highest BCUT2D eigenvalue weighted by Gasteiger charge is 2.13. The Bertz CT molecular complexity index is 363. The molecule has 0 aliphatic heterocycles. The minimum atomic E-state index is 0.111. The third kappa shape index (κ3) is 3.43. The van der Waals surface area contributed by atoms with E-state index < -0.39 is 0 Å². The van der Waals surface area contributed by atoms with Crippen LogP contribution >= 0.6 is 15.9 Å². The van der Waals surface area contributed by atoms with E-state index in [4.69, 9.17) is 0 Å². The average Bonchev–Trinajstić information content (AvgIpc) is 2.18. The van der Waals surface area contributed by atoms with E-state index in [1.54, 1.807) is 6.92 Å². The van der Waals surface area contributed by atoms with Crippen LogP contribution in [0.3, 0.4) is 0 Å². The molecular weight excluding hydrogens is 254 g/mol. The monoisotopic (exact) mass is 269 g/mol. The number of aryl methyl sites for hydroxylation is 1. The first-order valence-electron chi connectivity index (χ1n) is 4.97. The summed E-state index contributed by atoms with van der Waals surface area (Å²) in [7, 11) is 1.88. The lowest BCUT2D eigenvalue weighted by Gasteiger charge is -2.17. The highest BCUT2D eigenvalue weighted by molar-refractivity contribution is 9.10. The number of halogens is 1. The minimum absolute atomic E-state index is 0.111. The van der Waals surface area contributed by atoms with Crippen molar-refractivity contribution >= 4 is 21.7 Å². The van der Waals surface area contributed by atoms with Crippen LogP contribution in [0.2, 0.25) is 0 Å². The van der Waals surface area contributed by atoms with Crippen LogP contribution in [0.1, 0.15) is 30.5 Å². The van der Waals surface area contributed by atoms with Gasteiger partial charge in [-0.05, 0) is 44.2 Å². The summed E-state index contributed by atoms with van der Waals surface area (Å²) in [5, 5.41) is 3.18. The van der Waals surface area contributed by atoms with Gasteiger partial charge in [-0.15, -0.1) is 0 Å². The Balaban J connectivity index is 3.00. The summed E-state index contributed by atoms with van der Waals surface area (Å²) in [6.45, 7) is 3.68. The Morgan fingerprint density at radius 2 is 2.20 bits per heavy atom. The fourth-order valence-corrected chi connectivity index (χ4v) is 2.02. The van der Waals surface area contributed by atoms with Crippen LogP contribution in [0.15, 0.2) is 22.7 Å². The molecule has 0 aliphatic rings. The van der Waals surface area contributed by atoms with Crippen molar-refractivity contribution in [1.29, 1.82) is 0 Å². The zero-order valence-corrected chi connectivity index (χ0v) is 10.9. The summed E-state index contributed by atoms with van der Waals surface area (Å²) in [5.74, 6) is 0.203. The summed E-state index contributed by atoms with van der Waals surface area (Å²) in [6, 6.07) is 6.25. The average molecular weight is 270 g/mol. The Labute approximate surface area is 99.2 Å². The van der Waals surface area contributed by atoms with Gasteiger partial charge in [0, 0.05) is 16.9 Å². The molecule has 1 unspecified atom stereocenters. The third-order valence-corrected chi connectivity index (χ3v) is 2.95. The van der Waals surface area contributed by atoms with Gasteiger partial charge in [0.1, 0.15) is 5.78 Å². The molecule has 1 N–H and O–H groups in total. The fourth-order valence-electron chi connectivity index (χ4n) is 1.64. The van der Waals surface area contributed by atoms with Crippen molar-refractivity contribution in [3.8, 4) is 0 Å². The smallest absolute Gasteiger partial charge is 0.131 e. The molecule has 0 fully saturated rings. The van der Waals surface area contributed by atoms with Gasteiger partial charge >= 0.3 is 0 Å². The van der Waals surface area contributed by atoms with Gasteiger partial charge in [-0.1, -0.05) is 22.0 Å². The number of nitrogens with one attached hydrogen (secondary N) is 1. The highest BCUT2D eigenvalue weighted by Crippen LogP contribution is 2.24. The molecule has 1 rings (SSSR count). The summed E-state index contributed by atoms with van der Waals surface area (Å²) < 4.78 is 1.05. The maximum absolute atomic E-state index is 11.1. The summed E-state index contributed by atoms with van der Waals surface area (Å²) in [5.41, 5.74) is 2.39. The van der Waals surface area contributed by atoms with Crippen LogP contribution in [0.4, 0.5) is 0 Å². The topological polar surface area (TPSA) is 29.1 Å². The van der Waals surface area contributed by atoms with Crippen molar-refractivity contribution in [2.24, 2.45) is 0 Å². The first-order chi connectivity index (χ1) is 7.04. The second-order valence-electron chi connectivity index (χ2n) is 3.75. The number of carbonyl (C=O) groups excluding carboxylic acids is 1. The van der Waals surface area contributed by atoms with Gasteiger partial charge in [0.05, 0.1) is 0 Å². The summed E-state index contributed by atoms with van der Waals surface area (Å²) in [6.07, 6.45) is 0.536. The molecule has 0 amide bonds. The van der Waals surface area contributed by atoms with Crippen molar-refractivity contribution in [2.45, 2.75) is 26.3 Å². The molecular formula is C12H16BrNO. The van der Waals surface area contributed by atoms with E-state index in [-0.39, 0.29) is 11.8 Å². The van der Waals surface area contributed by atoms with Crippen LogP contribution in [-0.2, 0) is 4.79 Å². The number of benzene rings is 1. The lowest BCUT2D eigenvalue weighted by molar-refractivity contribution is -0.117. The predicted octanol–water partition coefficient (Wildman–Crippen LogP) is 3.00. The predicted molar refractivity (Wildman–Crippen MR) is 66.0 cm³/mol. The Morgan fingerprint density at radius 3 is 2.73 bits per heavy atom. The lowest BCUT2D eigenvalue weighted by Crippen LogP contribution is -2.19. The third-order valence-electron chi connectivity index (χ3n) is 2.46. The van der Waals surface area contributed by atoms with Crippen LogP contribution < -0.4 is 5.32 Å². The first kappa shape index (κ1) is 12.4. The number of ketones is 1. The SMILES string of the molecule is CNC(CC(C)=O)c1cc(Br)ccc1C. The van der Waals surface area contributed by atoms with Crippen LogP contribution in [0, 0.1) is 6.92 Å². The summed E-state index contributed by atoms with van der Waals surface area (Å²) in [4.78, 5) is 11.1. The van der Waals surface area contributed by atoms with Crippen molar-refractivity contribution in [3.05, 3.63) is 33.8 Å². The van der Waals surface area contributed by atoms with Gasteiger partial charge in [-0.2, -0.15) is 0 Å². The highest BCUT2D eigenvalue weighted by atomic mass is 79.9. The molecule has 2 nitrogen and oxygen atoms in total. The molecule has 0 saturated carbocycles. The lowest BCUT2D eigenvalue weighted by atomic mass is 9.98. The molecule has 0 heterocycles. The van der Waals surface area contributed by atoms with E-state index >= 15 is 0 Å². The number of rotatable bonds is 4. The number of carbonyl (C=O) groups is 1. The Hall–Kier alpha value is -0.670. The van der Waals surface area contributed by atoms with Gasteiger partial charge in [0.15, 0.2) is 0 Å². The van der Waals surface area contributed by atoms with Gasteiger partial charge in [-0.25, -0.2) is 0 Å². The Kier molecular flexibility index (Phi) is 4.48. The van der Waals surface area contributed by atoms with E-state index in [1.807, 2.05) is 13.1 Å². The van der Waals surface area contributed by atoms with E-state index in [0.29, 0.717) is 6.42 Å². The molecule has 82 valence electrons. The van der Waals surface area contributed by atoms with Crippen molar-refractivity contribution in [1.82, 2.24) is 5.32 Å². The van der Waals surface area contributed by atoms with E-state index in [0.717, 1.165) is 4.47 Å². The second-order valence-corrected chi connectivity index (χ2v) is 4.66. The largest absolute Gasteiger partial charge is 0.313 e. The Morgan fingerprint density at radius 1 is 1.53 bits per heavy atom. The number of hydrogen-bond donors (Lipinski definition) is 1. The molecule has 0 aliphatic carbocycles. The number of Topliss-reactive ketones (excluding diaryl/α,β-unsaturated/α-hetero) is 1. The fraction of sp³-hybridized carbons (Fsp3) is 0.417. The molecule has 3 heteroatoms. The first-order valence-corrected chi connectivity index (χ1v) is 5.76. The standard InChI is InChI=1S/C12H16BrNO/c1-8-4-5-10(13)7-11(8)12(14-3)6-9(2)15/h4-5,7,12,14H,6H2,1-3H3. The molecule has 0 radical (unpaired) electrons. The van der Waals surface area contributed by atoms with Gasteiger partial charge in [0.2, 0.25) is 0 Å². The molecule has 15 heavy (non-hydrogen) atoms. The molecule has 0 bridgehead atoms. The van der Waals surface area contributed by atoms with Gasteiger partial charge in [0.25, 0.3) is 0 Å². The van der Waals surface area contributed by atoms with Crippen molar-refractivity contribution < 1.29 is 4.79 Å². The van der Waals surface area contributed by atoms with Crippen LogP contribution in [0.25, 0.3) is 0 Å². The van der Waals surface area contributed by atoms with E-state index in [1.165, 1.54) is 11.1 Å². The zero-order chi connectivity index (χ0) is 11.4. The molecule has 1 aromatic rings. The summed E-state index contributed by atoms with van der Waals surface area (Å²) >= 11 is 3.45. The molecule has 0 saturated heterocycles. The van der Waals surface area contributed by atoms with Gasteiger partial charge < -0.3 is 5.32 Å². The molecule has 1 aromatic carbocycles. The number of hydrogen-bond acceptors (Lipinski definition) is 2. The maximum Gasteiger partial charge on any atom is 0.131 e. The normalized spacial score (nSPS) is 12.5. The van der Waals surface area contributed by atoms with Crippen molar-refractivity contribution in [2.75, 3.05) is 7.05 Å². The molecule has 0 spiro atoms. The van der Waals surface area contributed by atoms with Crippen molar-refractivity contribution in [3.63, 3.8) is 0 Å². The van der Waals surface area contributed by atoms with E-state index in [9.17, 15) is 4.79 Å². The molecule has 1 atom stereocenters.